The minimum atomic E-state index is -0.471. The average molecular weight is 384 g/mol. The van der Waals surface area contributed by atoms with Crippen LogP contribution in [-0.2, 0) is 4.79 Å². The van der Waals surface area contributed by atoms with Crippen molar-refractivity contribution < 1.29 is 9.72 Å². The molecule has 29 heavy (non-hydrogen) atoms. The van der Waals surface area contributed by atoms with Gasteiger partial charge in [-0.05, 0) is 35.9 Å². The quantitative estimate of drug-likeness (QED) is 0.293. The van der Waals surface area contributed by atoms with E-state index in [0.717, 1.165) is 16.6 Å². The smallest absolute Gasteiger partial charge is 0.270 e. The molecule has 0 aliphatic rings. The molecule has 1 heterocycles. The van der Waals surface area contributed by atoms with Crippen LogP contribution >= 0.6 is 0 Å². The van der Waals surface area contributed by atoms with Crippen molar-refractivity contribution in [3.05, 3.63) is 94.6 Å². The molecule has 0 fully saturated rings. The van der Waals surface area contributed by atoms with E-state index in [1.54, 1.807) is 18.2 Å². The van der Waals surface area contributed by atoms with E-state index < -0.39 is 4.92 Å². The number of nitro groups is 1. The summed E-state index contributed by atoms with van der Waals surface area (Å²) in [5.74, 6) is 0.310. The highest BCUT2D eigenvalue weighted by Crippen LogP contribution is 2.27. The van der Waals surface area contributed by atoms with Crippen molar-refractivity contribution in [2.24, 2.45) is 0 Å². The molecule has 0 radical (unpaired) electrons. The summed E-state index contributed by atoms with van der Waals surface area (Å²) >= 11 is 0. The lowest BCUT2D eigenvalue weighted by Crippen LogP contribution is -2.08. The van der Waals surface area contributed by atoms with Gasteiger partial charge < -0.3 is 10.3 Å². The first-order valence-electron chi connectivity index (χ1n) is 8.88. The van der Waals surface area contributed by atoms with Crippen LogP contribution in [0.25, 0.3) is 28.5 Å². The first kappa shape index (κ1) is 18.1. The number of nitrogens with zero attached hydrogens (tertiary/aromatic N) is 2. The molecule has 1 aromatic heterocycles. The summed E-state index contributed by atoms with van der Waals surface area (Å²) in [5, 5.41) is 13.7. The van der Waals surface area contributed by atoms with E-state index in [1.807, 2.05) is 42.5 Å². The van der Waals surface area contributed by atoms with Gasteiger partial charge in [-0.25, -0.2) is 4.98 Å². The molecule has 1 amide bonds. The van der Waals surface area contributed by atoms with E-state index in [2.05, 4.69) is 15.3 Å². The Morgan fingerprint density at radius 3 is 2.66 bits per heavy atom. The van der Waals surface area contributed by atoms with E-state index in [-0.39, 0.29) is 11.6 Å². The number of imidazole rings is 1. The molecule has 0 saturated carbocycles. The summed E-state index contributed by atoms with van der Waals surface area (Å²) in [7, 11) is 0. The van der Waals surface area contributed by atoms with Crippen molar-refractivity contribution in [3.8, 4) is 11.4 Å². The van der Waals surface area contributed by atoms with Crippen molar-refractivity contribution in [2.75, 3.05) is 5.32 Å². The van der Waals surface area contributed by atoms with Gasteiger partial charge in [0, 0.05) is 23.8 Å². The van der Waals surface area contributed by atoms with Crippen molar-refractivity contribution in [3.63, 3.8) is 0 Å². The zero-order chi connectivity index (χ0) is 20.2. The number of non-ortho nitro benzene ring substituents is 1. The van der Waals surface area contributed by atoms with Crippen LogP contribution in [0.1, 0.15) is 5.56 Å². The van der Waals surface area contributed by atoms with Gasteiger partial charge >= 0.3 is 0 Å². The highest BCUT2D eigenvalue weighted by atomic mass is 16.6. The highest BCUT2D eigenvalue weighted by molar-refractivity contribution is 6.04. The molecular formula is C22H16N4O3. The minimum Gasteiger partial charge on any atom is -0.338 e. The number of carbonyl (C=O) groups excluding carboxylic acids is 1. The minimum absolute atomic E-state index is 0.0252. The van der Waals surface area contributed by atoms with Gasteiger partial charge in [0.1, 0.15) is 5.82 Å². The number of carbonyl (C=O) groups is 1. The molecule has 4 aromatic rings. The number of H-pyrrole nitrogens is 1. The van der Waals surface area contributed by atoms with Crippen LogP contribution < -0.4 is 5.32 Å². The lowest BCUT2D eigenvalue weighted by molar-refractivity contribution is -0.384. The first-order chi connectivity index (χ1) is 14.1. The summed E-state index contributed by atoms with van der Waals surface area (Å²) in [5.41, 5.74) is 3.67. The van der Waals surface area contributed by atoms with Crippen molar-refractivity contribution in [2.45, 2.75) is 0 Å². The Hall–Kier alpha value is -4.26. The zero-order valence-electron chi connectivity index (χ0n) is 15.2. The molecule has 0 aliphatic carbocycles. The van der Waals surface area contributed by atoms with Crippen LogP contribution in [0, 0.1) is 10.1 Å². The Labute approximate surface area is 165 Å². The molecule has 0 aliphatic heterocycles. The van der Waals surface area contributed by atoms with Gasteiger partial charge in [-0.3, -0.25) is 14.9 Å². The predicted molar refractivity (Wildman–Crippen MR) is 112 cm³/mol. The van der Waals surface area contributed by atoms with E-state index in [9.17, 15) is 14.9 Å². The molecule has 7 nitrogen and oxygen atoms in total. The molecule has 2 N–H and O–H groups in total. The molecule has 0 spiro atoms. The van der Waals surface area contributed by atoms with E-state index >= 15 is 0 Å². The second-order valence-electron chi connectivity index (χ2n) is 6.32. The number of rotatable bonds is 5. The van der Waals surface area contributed by atoms with Crippen LogP contribution in [-0.4, -0.2) is 20.8 Å². The molecule has 4 rings (SSSR count). The van der Waals surface area contributed by atoms with Crippen LogP contribution in [0.2, 0.25) is 0 Å². The monoisotopic (exact) mass is 384 g/mol. The summed E-state index contributed by atoms with van der Waals surface area (Å²) in [6, 6.07) is 21.1. The third-order valence-electron chi connectivity index (χ3n) is 4.34. The number of hydrogen-bond donors (Lipinski definition) is 2. The lowest BCUT2D eigenvalue weighted by atomic mass is 10.1. The van der Waals surface area contributed by atoms with Crippen LogP contribution in [0.5, 0.6) is 0 Å². The molecule has 0 unspecified atom stereocenters. The van der Waals surface area contributed by atoms with Gasteiger partial charge in [-0.15, -0.1) is 0 Å². The van der Waals surface area contributed by atoms with Crippen LogP contribution in [0.15, 0.2) is 78.9 Å². The maximum Gasteiger partial charge on any atom is 0.270 e. The van der Waals surface area contributed by atoms with E-state index in [4.69, 9.17) is 0 Å². The van der Waals surface area contributed by atoms with Gasteiger partial charge in [0.2, 0.25) is 5.91 Å². The van der Waals surface area contributed by atoms with Crippen LogP contribution in [0.4, 0.5) is 11.4 Å². The number of fused-ring (bicyclic) bond motifs is 1. The Bertz CT molecular complexity index is 1210. The van der Waals surface area contributed by atoms with Gasteiger partial charge in [0.15, 0.2) is 0 Å². The van der Waals surface area contributed by atoms with E-state index in [1.165, 1.54) is 24.3 Å². The van der Waals surface area contributed by atoms with E-state index in [0.29, 0.717) is 17.1 Å². The largest absolute Gasteiger partial charge is 0.338 e. The fourth-order valence-electron chi connectivity index (χ4n) is 2.97. The number of nitrogens with one attached hydrogen (secondary N) is 2. The summed E-state index contributed by atoms with van der Waals surface area (Å²) in [6.07, 6.45) is 2.88. The fourth-order valence-corrected chi connectivity index (χ4v) is 2.97. The SMILES string of the molecule is O=C(/C=C/c1cccc([N+](=O)[O-])c1)Nc1ccccc1-c1nc2ccccc2[nH]1. The molecule has 0 saturated heterocycles. The number of para-hydroxylation sites is 3. The summed E-state index contributed by atoms with van der Waals surface area (Å²) in [4.78, 5) is 30.6. The number of benzene rings is 3. The molecule has 3 aromatic carbocycles. The van der Waals surface area contributed by atoms with Gasteiger partial charge in [0.25, 0.3) is 5.69 Å². The number of amides is 1. The summed E-state index contributed by atoms with van der Waals surface area (Å²) < 4.78 is 0. The fraction of sp³-hybridized carbons (Fsp3) is 0. The lowest BCUT2D eigenvalue weighted by Gasteiger charge is -2.07. The highest BCUT2D eigenvalue weighted by Gasteiger charge is 2.11. The third-order valence-corrected chi connectivity index (χ3v) is 4.34. The molecule has 142 valence electrons. The number of aromatic amines is 1. The molecular weight excluding hydrogens is 368 g/mol. The second-order valence-corrected chi connectivity index (χ2v) is 6.32. The van der Waals surface area contributed by atoms with Gasteiger partial charge in [-0.1, -0.05) is 36.4 Å². The maximum atomic E-state index is 12.4. The number of hydrogen-bond acceptors (Lipinski definition) is 4. The van der Waals surface area contributed by atoms with Crippen molar-refractivity contribution in [1.29, 1.82) is 0 Å². The van der Waals surface area contributed by atoms with Gasteiger partial charge in [0.05, 0.1) is 21.6 Å². The van der Waals surface area contributed by atoms with Crippen molar-refractivity contribution in [1.82, 2.24) is 9.97 Å². The predicted octanol–water partition coefficient (Wildman–Crippen LogP) is 4.79. The molecule has 7 heteroatoms. The zero-order valence-corrected chi connectivity index (χ0v) is 15.2. The van der Waals surface area contributed by atoms with Crippen LogP contribution in [0.3, 0.4) is 0 Å². The second kappa shape index (κ2) is 7.77. The van der Waals surface area contributed by atoms with Crippen molar-refractivity contribution >= 4 is 34.4 Å². The van der Waals surface area contributed by atoms with Gasteiger partial charge in [-0.2, -0.15) is 0 Å². The Kier molecular flexibility index (Phi) is 4.86. The third kappa shape index (κ3) is 4.03. The standard InChI is InChI=1S/C22H16N4O3/c27-21(13-12-15-6-5-7-16(14-15)26(28)29)23-18-9-2-1-8-17(18)22-24-19-10-3-4-11-20(19)25-22/h1-14H,(H,23,27)(H,24,25)/b13-12+. The maximum absolute atomic E-state index is 12.4. The number of aromatic nitrogens is 2. The normalized spacial score (nSPS) is 11.0. The number of anilines is 1. The molecule has 0 atom stereocenters. The first-order valence-corrected chi connectivity index (χ1v) is 8.88. The average Bonchev–Trinajstić information content (AvgIpc) is 3.17. The Morgan fingerprint density at radius 1 is 1.03 bits per heavy atom. The summed E-state index contributed by atoms with van der Waals surface area (Å²) in [6.45, 7) is 0. The topological polar surface area (TPSA) is 101 Å². The Balaban J connectivity index is 1.56. The molecule has 0 bridgehead atoms. The number of nitro benzene ring substituents is 1. The Morgan fingerprint density at radius 2 is 1.83 bits per heavy atom.